The molecule has 0 bridgehead atoms. The monoisotopic (exact) mass is 182 g/mol. The third kappa shape index (κ3) is 5.99. The van der Waals surface area contributed by atoms with Crippen LogP contribution in [0.3, 0.4) is 0 Å². The number of nitrogens with one attached hydrogen (secondary N) is 1. The lowest BCUT2D eigenvalue weighted by Crippen LogP contribution is -2.25. The average Bonchev–Trinajstić information content (AvgIpc) is 2.10. The molecular formula is C10H18N2O. The number of aliphatic hydroxyl groups excluding tert-OH is 1. The van der Waals surface area contributed by atoms with Crippen LogP contribution in [0.25, 0.3) is 0 Å². The van der Waals surface area contributed by atoms with E-state index in [4.69, 9.17) is 5.11 Å². The summed E-state index contributed by atoms with van der Waals surface area (Å²) < 4.78 is 0. The van der Waals surface area contributed by atoms with Gasteiger partial charge in [-0.25, -0.2) is 0 Å². The van der Waals surface area contributed by atoms with Crippen molar-refractivity contribution in [3.05, 3.63) is 36.8 Å². The van der Waals surface area contributed by atoms with Gasteiger partial charge in [0.15, 0.2) is 0 Å². The fourth-order valence-corrected chi connectivity index (χ4v) is 0.743. The van der Waals surface area contributed by atoms with E-state index < -0.39 is 0 Å². The van der Waals surface area contributed by atoms with E-state index in [1.165, 1.54) is 6.08 Å². The predicted octanol–water partition coefficient (Wildman–Crippen LogP) is 1.28. The zero-order chi connectivity index (χ0) is 10.3. The second kappa shape index (κ2) is 6.31. The Morgan fingerprint density at radius 3 is 2.54 bits per heavy atom. The van der Waals surface area contributed by atoms with E-state index in [1.807, 2.05) is 19.0 Å². The van der Waals surface area contributed by atoms with Gasteiger partial charge >= 0.3 is 0 Å². The first kappa shape index (κ1) is 11.8. The molecule has 0 saturated carbocycles. The van der Waals surface area contributed by atoms with Gasteiger partial charge in [-0.05, 0) is 19.2 Å². The molecule has 0 saturated heterocycles. The Balaban J connectivity index is 3.89. The summed E-state index contributed by atoms with van der Waals surface area (Å²) >= 11 is 0. The normalized spacial score (nSPS) is 10.3. The lowest BCUT2D eigenvalue weighted by atomic mass is 10.3. The Hall–Kier alpha value is -1.22. The van der Waals surface area contributed by atoms with E-state index in [9.17, 15) is 0 Å². The van der Waals surface area contributed by atoms with Crippen molar-refractivity contribution in [2.45, 2.75) is 0 Å². The first-order chi connectivity index (χ1) is 6.07. The quantitative estimate of drug-likeness (QED) is 0.480. The van der Waals surface area contributed by atoms with Crippen LogP contribution in [-0.4, -0.2) is 37.2 Å². The van der Waals surface area contributed by atoms with E-state index in [2.05, 4.69) is 18.5 Å². The molecule has 2 N–H and O–H groups in total. The van der Waals surface area contributed by atoms with Gasteiger partial charge in [0.1, 0.15) is 5.76 Å². The molecule has 0 aliphatic heterocycles. The van der Waals surface area contributed by atoms with Gasteiger partial charge in [-0.2, -0.15) is 0 Å². The summed E-state index contributed by atoms with van der Waals surface area (Å²) in [5.74, 6) is 0.0446. The van der Waals surface area contributed by atoms with Crippen LogP contribution in [0.1, 0.15) is 0 Å². The zero-order valence-corrected chi connectivity index (χ0v) is 8.38. The van der Waals surface area contributed by atoms with Gasteiger partial charge in [-0.1, -0.05) is 13.2 Å². The fourth-order valence-electron chi connectivity index (χ4n) is 0.743. The molecule has 0 aromatic rings. The van der Waals surface area contributed by atoms with Crippen LogP contribution < -0.4 is 5.32 Å². The van der Waals surface area contributed by atoms with Gasteiger partial charge in [0, 0.05) is 25.8 Å². The lowest BCUT2D eigenvalue weighted by Gasteiger charge is -2.18. The zero-order valence-electron chi connectivity index (χ0n) is 8.38. The maximum Gasteiger partial charge on any atom is 0.108 e. The molecule has 3 heteroatoms. The van der Waals surface area contributed by atoms with Gasteiger partial charge in [0.05, 0.1) is 0 Å². The van der Waals surface area contributed by atoms with Crippen molar-refractivity contribution in [3.8, 4) is 0 Å². The summed E-state index contributed by atoms with van der Waals surface area (Å²) in [5.41, 5.74) is 0.852. The third-order valence-corrected chi connectivity index (χ3v) is 1.66. The molecule has 0 fully saturated rings. The summed E-state index contributed by atoms with van der Waals surface area (Å²) in [7, 11) is 3.85. The Morgan fingerprint density at radius 2 is 2.08 bits per heavy atom. The number of aliphatic hydroxyl groups is 1. The third-order valence-electron chi connectivity index (χ3n) is 1.66. The van der Waals surface area contributed by atoms with Crippen molar-refractivity contribution in [2.75, 3.05) is 27.2 Å². The highest BCUT2D eigenvalue weighted by Gasteiger charge is 1.96. The molecule has 0 heterocycles. The van der Waals surface area contributed by atoms with Gasteiger partial charge in [-0.3, -0.25) is 0 Å². The van der Waals surface area contributed by atoms with E-state index in [1.54, 1.807) is 6.08 Å². The van der Waals surface area contributed by atoms with Crippen LogP contribution in [-0.2, 0) is 0 Å². The molecule has 0 amide bonds. The maximum atomic E-state index is 8.81. The SMILES string of the molecule is C=C(O)/C=C\C(=C)N(C)CCNC. The maximum absolute atomic E-state index is 8.81. The molecular weight excluding hydrogens is 164 g/mol. The van der Waals surface area contributed by atoms with Crippen LogP contribution in [0.15, 0.2) is 36.8 Å². The van der Waals surface area contributed by atoms with Crippen LogP contribution in [0.4, 0.5) is 0 Å². The number of likely N-dealkylation sites (N-methyl/N-ethyl adjacent to an activating group) is 2. The largest absolute Gasteiger partial charge is 0.509 e. The van der Waals surface area contributed by atoms with Crippen LogP contribution >= 0.6 is 0 Å². The van der Waals surface area contributed by atoms with E-state index in [0.717, 1.165) is 18.8 Å². The second-order valence-corrected chi connectivity index (χ2v) is 2.84. The first-order valence-corrected chi connectivity index (χ1v) is 4.18. The van der Waals surface area contributed by atoms with Crippen molar-refractivity contribution in [3.63, 3.8) is 0 Å². The highest BCUT2D eigenvalue weighted by Crippen LogP contribution is 2.00. The average molecular weight is 182 g/mol. The predicted molar refractivity (Wildman–Crippen MR) is 56.6 cm³/mol. The molecule has 13 heavy (non-hydrogen) atoms. The van der Waals surface area contributed by atoms with Gasteiger partial charge in [0.2, 0.25) is 0 Å². The molecule has 0 aliphatic rings. The van der Waals surface area contributed by atoms with Crippen LogP contribution in [0, 0.1) is 0 Å². The van der Waals surface area contributed by atoms with Crippen LogP contribution in [0.5, 0.6) is 0 Å². The van der Waals surface area contributed by atoms with Gasteiger partial charge in [-0.15, -0.1) is 0 Å². The van der Waals surface area contributed by atoms with Crippen molar-refractivity contribution < 1.29 is 5.11 Å². The minimum absolute atomic E-state index is 0.0446. The summed E-state index contributed by atoms with van der Waals surface area (Å²) in [4.78, 5) is 2.00. The molecule has 74 valence electrons. The highest BCUT2D eigenvalue weighted by atomic mass is 16.3. The minimum atomic E-state index is 0.0446. The Labute approximate surface area is 80.1 Å². The lowest BCUT2D eigenvalue weighted by molar-refractivity contribution is 0.424. The van der Waals surface area contributed by atoms with Crippen molar-refractivity contribution in [1.29, 1.82) is 0 Å². The first-order valence-electron chi connectivity index (χ1n) is 4.18. The number of rotatable bonds is 6. The summed E-state index contributed by atoms with van der Waals surface area (Å²) in [6.07, 6.45) is 3.26. The molecule has 0 unspecified atom stereocenters. The molecule has 3 nitrogen and oxygen atoms in total. The van der Waals surface area contributed by atoms with Crippen LogP contribution in [0.2, 0.25) is 0 Å². The van der Waals surface area contributed by atoms with Crippen molar-refractivity contribution in [1.82, 2.24) is 10.2 Å². The van der Waals surface area contributed by atoms with E-state index in [-0.39, 0.29) is 5.76 Å². The Morgan fingerprint density at radius 1 is 1.46 bits per heavy atom. The summed E-state index contributed by atoms with van der Waals surface area (Å²) in [6, 6.07) is 0. The number of hydrogen-bond donors (Lipinski definition) is 2. The molecule has 0 aromatic heterocycles. The molecule has 0 radical (unpaired) electrons. The number of hydrogen-bond acceptors (Lipinski definition) is 3. The smallest absolute Gasteiger partial charge is 0.108 e. The van der Waals surface area contributed by atoms with E-state index in [0.29, 0.717) is 0 Å². The second-order valence-electron chi connectivity index (χ2n) is 2.84. The number of nitrogens with zero attached hydrogens (tertiary/aromatic N) is 1. The highest BCUT2D eigenvalue weighted by molar-refractivity contribution is 5.19. The minimum Gasteiger partial charge on any atom is -0.509 e. The molecule has 0 aromatic carbocycles. The molecule has 0 rings (SSSR count). The summed E-state index contributed by atoms with van der Waals surface area (Å²) in [6.45, 7) is 8.98. The number of allylic oxidation sites excluding steroid dienone is 2. The summed E-state index contributed by atoms with van der Waals surface area (Å²) in [5, 5.41) is 11.9. The van der Waals surface area contributed by atoms with Gasteiger partial charge < -0.3 is 15.3 Å². The van der Waals surface area contributed by atoms with Gasteiger partial charge in [0.25, 0.3) is 0 Å². The molecule has 0 atom stereocenters. The van der Waals surface area contributed by atoms with E-state index >= 15 is 0 Å². The Bertz CT molecular complexity index is 209. The molecule has 0 aliphatic carbocycles. The molecule has 0 spiro atoms. The topological polar surface area (TPSA) is 35.5 Å². The fraction of sp³-hybridized carbons (Fsp3) is 0.400. The standard InChI is InChI=1S/C10H18N2O/c1-9(5-6-10(2)13)12(4)8-7-11-3/h5-6,11,13H,1-2,7-8H2,3-4H3/b6-5-. The Kier molecular flexibility index (Phi) is 5.72. The van der Waals surface area contributed by atoms with Crippen molar-refractivity contribution in [2.24, 2.45) is 0 Å². The van der Waals surface area contributed by atoms with Crippen molar-refractivity contribution >= 4 is 0 Å².